The minimum absolute atomic E-state index is 0.106. The highest BCUT2D eigenvalue weighted by molar-refractivity contribution is 6.08. The number of nitrogens with zero attached hydrogens (tertiary/aromatic N) is 2. The molecular formula is C17H17N3O7. The lowest BCUT2D eigenvalue weighted by molar-refractivity contribution is -0.385. The number of ether oxygens (including phenoxy) is 2. The maximum atomic E-state index is 12.5. The first kappa shape index (κ1) is 19.6. The summed E-state index contributed by atoms with van der Waals surface area (Å²) in [7, 11) is 1.35. The number of nitro benzene ring substituents is 2. The van der Waals surface area contributed by atoms with E-state index in [-0.39, 0.29) is 28.4 Å². The molecule has 0 fully saturated rings. The molecule has 0 unspecified atom stereocenters. The van der Waals surface area contributed by atoms with E-state index in [1.54, 1.807) is 0 Å². The van der Waals surface area contributed by atoms with Crippen molar-refractivity contribution in [1.29, 1.82) is 0 Å². The van der Waals surface area contributed by atoms with Gasteiger partial charge >= 0.3 is 0 Å². The van der Waals surface area contributed by atoms with Gasteiger partial charge in [-0.15, -0.1) is 0 Å². The normalized spacial score (nSPS) is 10.1. The zero-order valence-electron chi connectivity index (χ0n) is 14.6. The molecule has 2 aromatic carbocycles. The van der Waals surface area contributed by atoms with Crippen LogP contribution >= 0.6 is 0 Å². The van der Waals surface area contributed by atoms with Crippen molar-refractivity contribution in [2.45, 2.75) is 13.3 Å². The van der Waals surface area contributed by atoms with Crippen molar-refractivity contribution >= 4 is 23.0 Å². The molecule has 1 N–H and O–H groups in total. The molecule has 0 heterocycles. The van der Waals surface area contributed by atoms with E-state index in [4.69, 9.17) is 9.47 Å². The highest BCUT2D eigenvalue weighted by Crippen LogP contribution is 2.31. The second-order valence-corrected chi connectivity index (χ2v) is 5.38. The molecule has 0 saturated heterocycles. The van der Waals surface area contributed by atoms with Crippen LogP contribution in [-0.4, -0.2) is 29.5 Å². The molecular weight excluding hydrogens is 358 g/mol. The first-order valence-corrected chi connectivity index (χ1v) is 7.92. The SMILES string of the molecule is CCCOc1ccc(NC(=O)c2cc(OC)ccc2[N+](=O)[O-])c([N+](=O)[O-])c1. The average Bonchev–Trinajstić information content (AvgIpc) is 2.66. The smallest absolute Gasteiger partial charge is 0.296 e. The molecule has 10 heteroatoms. The summed E-state index contributed by atoms with van der Waals surface area (Å²) < 4.78 is 10.3. The maximum absolute atomic E-state index is 12.5. The molecule has 27 heavy (non-hydrogen) atoms. The first-order valence-electron chi connectivity index (χ1n) is 7.92. The van der Waals surface area contributed by atoms with E-state index < -0.39 is 21.4 Å². The fourth-order valence-electron chi connectivity index (χ4n) is 2.25. The third-order valence-electron chi connectivity index (χ3n) is 3.53. The fourth-order valence-corrected chi connectivity index (χ4v) is 2.25. The van der Waals surface area contributed by atoms with E-state index in [1.807, 2.05) is 6.92 Å². The Morgan fingerprint density at radius 1 is 1.04 bits per heavy atom. The standard InChI is InChI=1S/C17H17N3O7/c1-3-8-27-12-4-6-14(16(10-12)20(24)25)18-17(21)13-9-11(26-2)5-7-15(13)19(22)23/h4-7,9-10H,3,8H2,1-2H3,(H,18,21). The lowest BCUT2D eigenvalue weighted by Crippen LogP contribution is -2.15. The molecule has 0 atom stereocenters. The number of anilines is 1. The van der Waals surface area contributed by atoms with Crippen LogP contribution in [0, 0.1) is 20.2 Å². The van der Waals surface area contributed by atoms with E-state index >= 15 is 0 Å². The van der Waals surface area contributed by atoms with Gasteiger partial charge < -0.3 is 14.8 Å². The number of carbonyl (C=O) groups excluding carboxylic acids is 1. The minimum atomic E-state index is -0.870. The van der Waals surface area contributed by atoms with Crippen molar-refractivity contribution in [3.05, 3.63) is 62.2 Å². The number of methoxy groups -OCH3 is 1. The van der Waals surface area contributed by atoms with Crippen LogP contribution in [0.4, 0.5) is 17.1 Å². The molecule has 0 aliphatic heterocycles. The molecule has 142 valence electrons. The molecule has 0 aliphatic carbocycles. The van der Waals surface area contributed by atoms with Crippen LogP contribution in [-0.2, 0) is 0 Å². The summed E-state index contributed by atoms with van der Waals surface area (Å²) >= 11 is 0. The van der Waals surface area contributed by atoms with Gasteiger partial charge in [-0.05, 0) is 30.7 Å². The quantitative estimate of drug-likeness (QED) is 0.550. The van der Waals surface area contributed by atoms with Crippen molar-refractivity contribution in [2.24, 2.45) is 0 Å². The van der Waals surface area contributed by atoms with Crippen molar-refractivity contribution in [1.82, 2.24) is 0 Å². The number of rotatable bonds is 8. The van der Waals surface area contributed by atoms with E-state index in [2.05, 4.69) is 5.32 Å². The predicted octanol–water partition coefficient (Wildman–Crippen LogP) is 3.55. The summed E-state index contributed by atoms with van der Waals surface area (Å²) in [6, 6.07) is 7.63. The van der Waals surface area contributed by atoms with Crippen molar-refractivity contribution in [2.75, 3.05) is 19.0 Å². The summed E-state index contributed by atoms with van der Waals surface area (Å²) in [5.41, 5.74) is -1.22. The number of hydrogen-bond acceptors (Lipinski definition) is 7. The van der Waals surface area contributed by atoms with Gasteiger partial charge in [-0.2, -0.15) is 0 Å². The Balaban J connectivity index is 2.37. The van der Waals surface area contributed by atoms with Gasteiger partial charge in [0.25, 0.3) is 17.3 Å². The van der Waals surface area contributed by atoms with Crippen molar-refractivity contribution in [3.8, 4) is 11.5 Å². The molecule has 0 radical (unpaired) electrons. The number of benzene rings is 2. The Labute approximate surface area is 154 Å². The van der Waals surface area contributed by atoms with Crippen LogP contribution in [0.15, 0.2) is 36.4 Å². The minimum Gasteiger partial charge on any atom is -0.497 e. The molecule has 0 spiro atoms. The number of carbonyl (C=O) groups is 1. The molecule has 0 bridgehead atoms. The van der Waals surface area contributed by atoms with Crippen LogP contribution in [0.3, 0.4) is 0 Å². The average molecular weight is 375 g/mol. The Morgan fingerprint density at radius 2 is 1.70 bits per heavy atom. The Morgan fingerprint density at radius 3 is 2.30 bits per heavy atom. The zero-order valence-corrected chi connectivity index (χ0v) is 14.6. The van der Waals surface area contributed by atoms with Gasteiger partial charge in [0, 0.05) is 6.07 Å². The largest absolute Gasteiger partial charge is 0.497 e. The number of hydrogen-bond donors (Lipinski definition) is 1. The van der Waals surface area contributed by atoms with E-state index in [0.29, 0.717) is 6.61 Å². The zero-order chi connectivity index (χ0) is 20.0. The lowest BCUT2D eigenvalue weighted by atomic mass is 10.1. The molecule has 0 aromatic heterocycles. The maximum Gasteiger partial charge on any atom is 0.296 e. The monoisotopic (exact) mass is 375 g/mol. The third-order valence-corrected chi connectivity index (χ3v) is 3.53. The first-order chi connectivity index (χ1) is 12.9. The number of nitrogens with one attached hydrogen (secondary N) is 1. The molecule has 10 nitrogen and oxygen atoms in total. The van der Waals surface area contributed by atoms with Gasteiger partial charge in [-0.3, -0.25) is 25.0 Å². The van der Waals surface area contributed by atoms with Crippen LogP contribution in [0.2, 0.25) is 0 Å². The van der Waals surface area contributed by atoms with Gasteiger partial charge in [0.15, 0.2) is 0 Å². The second kappa shape index (κ2) is 8.61. The fraction of sp³-hybridized carbons (Fsp3) is 0.235. The van der Waals surface area contributed by atoms with Gasteiger partial charge in [0.2, 0.25) is 0 Å². The van der Waals surface area contributed by atoms with E-state index in [9.17, 15) is 25.0 Å². The predicted molar refractivity (Wildman–Crippen MR) is 96.5 cm³/mol. The Bertz CT molecular complexity index is 883. The summed E-state index contributed by atoms with van der Waals surface area (Å²) in [4.78, 5) is 33.6. The van der Waals surface area contributed by atoms with Crippen LogP contribution in [0.25, 0.3) is 0 Å². The molecule has 2 rings (SSSR count). The Kier molecular flexibility index (Phi) is 6.26. The van der Waals surface area contributed by atoms with Crippen molar-refractivity contribution < 1.29 is 24.1 Å². The van der Waals surface area contributed by atoms with Gasteiger partial charge in [0.1, 0.15) is 22.7 Å². The van der Waals surface area contributed by atoms with Gasteiger partial charge in [-0.25, -0.2) is 0 Å². The summed E-state index contributed by atoms with van der Waals surface area (Å²) in [5.74, 6) is -0.344. The third kappa shape index (κ3) is 4.69. The van der Waals surface area contributed by atoms with Gasteiger partial charge in [0.05, 0.1) is 29.6 Å². The summed E-state index contributed by atoms with van der Waals surface area (Å²) in [5, 5.41) is 24.8. The molecule has 2 aromatic rings. The highest BCUT2D eigenvalue weighted by atomic mass is 16.6. The second-order valence-electron chi connectivity index (χ2n) is 5.38. The lowest BCUT2D eigenvalue weighted by Gasteiger charge is -2.10. The number of nitro groups is 2. The number of amides is 1. The molecule has 0 aliphatic rings. The molecule has 0 saturated carbocycles. The van der Waals surface area contributed by atoms with E-state index in [1.165, 1.54) is 37.4 Å². The Hall–Kier alpha value is -3.69. The van der Waals surface area contributed by atoms with Crippen LogP contribution in [0.1, 0.15) is 23.7 Å². The molecule has 1 amide bonds. The summed E-state index contributed by atoms with van der Waals surface area (Å²) in [6.07, 6.45) is 0.728. The van der Waals surface area contributed by atoms with Crippen molar-refractivity contribution in [3.63, 3.8) is 0 Å². The summed E-state index contributed by atoms with van der Waals surface area (Å²) in [6.45, 7) is 2.28. The highest BCUT2D eigenvalue weighted by Gasteiger charge is 2.24. The topological polar surface area (TPSA) is 134 Å². The van der Waals surface area contributed by atoms with Crippen LogP contribution in [0.5, 0.6) is 11.5 Å². The van der Waals surface area contributed by atoms with E-state index in [0.717, 1.165) is 12.5 Å². The van der Waals surface area contributed by atoms with Gasteiger partial charge in [-0.1, -0.05) is 6.92 Å². The van der Waals surface area contributed by atoms with Crippen LogP contribution < -0.4 is 14.8 Å².